The molecule has 1 saturated heterocycles. The maximum Gasteiger partial charge on any atom is 0.573 e. The fourth-order valence-electron chi connectivity index (χ4n) is 3.20. The van der Waals surface area contributed by atoms with Gasteiger partial charge in [0.05, 0.1) is 6.10 Å². The van der Waals surface area contributed by atoms with Crippen LogP contribution in [0.1, 0.15) is 24.8 Å². The van der Waals surface area contributed by atoms with Gasteiger partial charge in [0.2, 0.25) is 0 Å². The van der Waals surface area contributed by atoms with E-state index in [1.807, 2.05) is 0 Å². The van der Waals surface area contributed by atoms with Gasteiger partial charge >= 0.3 is 6.36 Å². The molecule has 0 atom stereocenters. The molecule has 6 nitrogen and oxygen atoms in total. The van der Waals surface area contributed by atoms with Crippen LogP contribution in [0.2, 0.25) is 0 Å². The number of halogens is 3. The first-order valence-electron chi connectivity index (χ1n) is 9.82. The number of methoxy groups -OCH3 is 1. The zero-order chi connectivity index (χ0) is 21.1. The Bertz CT molecular complexity index is 616. The Labute approximate surface area is 170 Å². The minimum atomic E-state index is -4.67. The molecular formula is C20H30F3N3O3. The van der Waals surface area contributed by atoms with Crippen molar-refractivity contribution in [3.05, 3.63) is 29.8 Å². The fraction of sp³-hybridized carbons (Fsp3) is 0.650. The Kier molecular flexibility index (Phi) is 9.53. The molecule has 0 aromatic heterocycles. The highest BCUT2D eigenvalue weighted by atomic mass is 19.4. The summed E-state index contributed by atoms with van der Waals surface area (Å²) in [5, 5.41) is 3.32. The van der Waals surface area contributed by atoms with Gasteiger partial charge in [-0.2, -0.15) is 0 Å². The number of nitrogens with zero attached hydrogens (tertiary/aromatic N) is 2. The highest BCUT2D eigenvalue weighted by Gasteiger charge is 2.30. The van der Waals surface area contributed by atoms with Crippen LogP contribution >= 0.6 is 0 Å². The first-order chi connectivity index (χ1) is 13.9. The Morgan fingerprint density at radius 3 is 2.45 bits per heavy atom. The van der Waals surface area contributed by atoms with Crippen LogP contribution in [0.15, 0.2) is 29.3 Å². The number of rotatable bonds is 9. The number of piperidine rings is 1. The van der Waals surface area contributed by atoms with Gasteiger partial charge in [-0.25, -0.2) is 0 Å². The molecule has 1 aromatic carbocycles. The molecule has 0 saturated carbocycles. The molecule has 0 radical (unpaired) electrons. The second kappa shape index (κ2) is 11.9. The van der Waals surface area contributed by atoms with Crippen molar-refractivity contribution in [2.75, 3.05) is 47.0 Å². The van der Waals surface area contributed by atoms with Gasteiger partial charge in [-0.15, -0.1) is 13.2 Å². The number of hydrogen-bond acceptors (Lipinski definition) is 4. The number of likely N-dealkylation sites (tertiary alicyclic amines) is 1. The maximum atomic E-state index is 12.2. The van der Waals surface area contributed by atoms with Crippen LogP contribution in [0.4, 0.5) is 13.2 Å². The molecule has 164 valence electrons. The lowest BCUT2D eigenvalue weighted by atomic mass is 10.1. The molecule has 1 aliphatic heterocycles. The molecule has 0 unspecified atom stereocenters. The van der Waals surface area contributed by atoms with E-state index < -0.39 is 6.36 Å². The van der Waals surface area contributed by atoms with Gasteiger partial charge in [0.15, 0.2) is 5.96 Å². The second-order valence-corrected chi connectivity index (χ2v) is 6.82. The zero-order valence-corrected chi connectivity index (χ0v) is 17.0. The van der Waals surface area contributed by atoms with E-state index in [2.05, 4.69) is 19.9 Å². The van der Waals surface area contributed by atoms with Gasteiger partial charge in [0.25, 0.3) is 0 Å². The van der Waals surface area contributed by atoms with Crippen molar-refractivity contribution in [2.24, 2.45) is 4.99 Å². The van der Waals surface area contributed by atoms with E-state index in [4.69, 9.17) is 9.47 Å². The number of guanidine groups is 1. The third-order valence-electron chi connectivity index (χ3n) is 4.65. The van der Waals surface area contributed by atoms with Gasteiger partial charge < -0.3 is 24.4 Å². The van der Waals surface area contributed by atoms with Crippen molar-refractivity contribution in [3.8, 4) is 5.75 Å². The molecule has 0 bridgehead atoms. The summed E-state index contributed by atoms with van der Waals surface area (Å²) >= 11 is 0. The summed E-state index contributed by atoms with van der Waals surface area (Å²) in [6.07, 6.45) is -0.910. The van der Waals surface area contributed by atoms with Crippen molar-refractivity contribution in [1.29, 1.82) is 0 Å². The zero-order valence-electron chi connectivity index (χ0n) is 17.0. The number of aliphatic imine (C=N–C) groups is 1. The lowest BCUT2D eigenvalue weighted by Gasteiger charge is -2.34. The fourth-order valence-corrected chi connectivity index (χ4v) is 3.20. The van der Waals surface area contributed by atoms with Crippen LogP contribution in [0.3, 0.4) is 0 Å². The number of ether oxygens (including phenoxy) is 3. The predicted molar refractivity (Wildman–Crippen MR) is 105 cm³/mol. The van der Waals surface area contributed by atoms with E-state index in [9.17, 15) is 13.2 Å². The van der Waals surface area contributed by atoms with Gasteiger partial charge in [-0.3, -0.25) is 4.99 Å². The van der Waals surface area contributed by atoms with E-state index in [1.165, 1.54) is 12.1 Å². The van der Waals surface area contributed by atoms with E-state index in [0.717, 1.165) is 50.5 Å². The number of nitrogens with one attached hydrogen (secondary N) is 1. The quantitative estimate of drug-likeness (QED) is 0.380. The summed E-state index contributed by atoms with van der Waals surface area (Å²) in [5.74, 6) is 0.622. The molecule has 0 aliphatic carbocycles. The van der Waals surface area contributed by atoms with E-state index in [0.29, 0.717) is 19.6 Å². The van der Waals surface area contributed by atoms with Crippen LogP contribution in [0, 0.1) is 0 Å². The van der Waals surface area contributed by atoms with Crippen LogP contribution < -0.4 is 10.1 Å². The largest absolute Gasteiger partial charge is 0.573 e. The van der Waals surface area contributed by atoms with Gasteiger partial charge in [-0.1, -0.05) is 12.1 Å². The Hall–Kier alpha value is -2.00. The molecule has 1 aromatic rings. The second-order valence-electron chi connectivity index (χ2n) is 6.82. The summed E-state index contributed by atoms with van der Waals surface area (Å²) < 4.78 is 51.4. The SMILES string of the molecule is CN=C(NCCc1ccc(OC(F)(F)F)cc1)N1CCC(OCCCOC)CC1. The summed E-state index contributed by atoms with van der Waals surface area (Å²) in [6, 6.07) is 5.93. The average molecular weight is 417 g/mol. The van der Waals surface area contributed by atoms with Crippen molar-refractivity contribution in [1.82, 2.24) is 10.2 Å². The molecule has 1 N–H and O–H groups in total. The van der Waals surface area contributed by atoms with Crippen molar-refractivity contribution in [2.45, 2.75) is 38.1 Å². The molecule has 2 rings (SSSR count). The molecule has 1 aliphatic rings. The van der Waals surface area contributed by atoms with Crippen molar-refractivity contribution >= 4 is 5.96 Å². The highest BCUT2D eigenvalue weighted by Crippen LogP contribution is 2.22. The molecule has 29 heavy (non-hydrogen) atoms. The van der Waals surface area contributed by atoms with Gasteiger partial charge in [0.1, 0.15) is 5.75 Å². The van der Waals surface area contributed by atoms with Crippen LogP contribution in [-0.2, 0) is 15.9 Å². The van der Waals surface area contributed by atoms with Gasteiger partial charge in [0, 0.05) is 47.0 Å². The maximum absolute atomic E-state index is 12.2. The highest BCUT2D eigenvalue weighted by molar-refractivity contribution is 5.79. The lowest BCUT2D eigenvalue weighted by Crippen LogP contribution is -2.47. The number of benzene rings is 1. The Morgan fingerprint density at radius 2 is 1.86 bits per heavy atom. The molecule has 1 fully saturated rings. The minimum Gasteiger partial charge on any atom is -0.406 e. The van der Waals surface area contributed by atoms with Crippen molar-refractivity contribution < 1.29 is 27.4 Å². The standard InChI is InChI=1S/C20H30F3N3O3/c1-24-19(26-12-9-17(10-13-26)28-15-3-14-27-2)25-11-8-16-4-6-18(7-5-16)29-20(21,22)23/h4-7,17H,3,8-15H2,1-2H3,(H,24,25). The molecule has 1 heterocycles. The van der Waals surface area contributed by atoms with E-state index in [-0.39, 0.29) is 11.9 Å². The third kappa shape index (κ3) is 8.91. The average Bonchev–Trinajstić information content (AvgIpc) is 2.69. The summed E-state index contributed by atoms with van der Waals surface area (Å²) in [5.41, 5.74) is 0.922. The smallest absolute Gasteiger partial charge is 0.406 e. The first-order valence-corrected chi connectivity index (χ1v) is 9.82. The van der Waals surface area contributed by atoms with Crippen LogP contribution in [0.25, 0.3) is 0 Å². The normalized spacial score (nSPS) is 16.2. The predicted octanol–water partition coefficient (Wildman–Crippen LogP) is 3.22. The van der Waals surface area contributed by atoms with Gasteiger partial charge in [-0.05, 0) is 43.4 Å². The monoisotopic (exact) mass is 417 g/mol. The van der Waals surface area contributed by atoms with Crippen molar-refractivity contribution in [3.63, 3.8) is 0 Å². The Balaban J connectivity index is 1.69. The molecule has 9 heteroatoms. The van der Waals surface area contributed by atoms with E-state index in [1.54, 1.807) is 26.3 Å². The third-order valence-corrected chi connectivity index (χ3v) is 4.65. The minimum absolute atomic E-state index is 0.211. The first kappa shape index (κ1) is 23.3. The summed E-state index contributed by atoms with van der Waals surface area (Å²) in [7, 11) is 3.44. The van der Waals surface area contributed by atoms with Crippen LogP contribution in [0.5, 0.6) is 5.75 Å². The molecular weight excluding hydrogens is 387 g/mol. The summed E-state index contributed by atoms with van der Waals surface area (Å²) in [4.78, 5) is 6.54. The van der Waals surface area contributed by atoms with Crippen LogP contribution in [-0.4, -0.2) is 70.3 Å². The van der Waals surface area contributed by atoms with E-state index >= 15 is 0 Å². The Morgan fingerprint density at radius 1 is 1.17 bits per heavy atom. The molecule has 0 spiro atoms. The topological polar surface area (TPSA) is 55.3 Å². The number of alkyl halides is 3. The number of hydrogen-bond donors (Lipinski definition) is 1. The lowest BCUT2D eigenvalue weighted by molar-refractivity contribution is -0.274. The summed E-state index contributed by atoms with van der Waals surface area (Å²) in [6.45, 7) is 3.82. The molecule has 0 amide bonds.